The second-order valence-electron chi connectivity index (χ2n) is 7.40. The molecule has 1 saturated heterocycles. The van der Waals surface area contributed by atoms with Gasteiger partial charge < -0.3 is 25.5 Å². The van der Waals surface area contributed by atoms with Gasteiger partial charge in [0.2, 0.25) is 0 Å². The summed E-state index contributed by atoms with van der Waals surface area (Å²) in [5.74, 6) is 0.419. The van der Waals surface area contributed by atoms with Crippen LogP contribution in [0.5, 0.6) is 0 Å². The molecule has 2 amide bonds. The number of benzene rings is 1. The molecule has 0 aromatic heterocycles. The number of carbonyl (C=O) groups is 1. The Morgan fingerprint density at radius 2 is 1.92 bits per heavy atom. The lowest BCUT2D eigenvalue weighted by molar-refractivity contribution is 0.214. The van der Waals surface area contributed by atoms with E-state index in [1.165, 1.54) is 5.69 Å². The summed E-state index contributed by atoms with van der Waals surface area (Å²) in [6, 6.07) is 5.66. The molecule has 2 rings (SSSR count). The van der Waals surface area contributed by atoms with Gasteiger partial charge in [0.05, 0.1) is 12.6 Å². The van der Waals surface area contributed by atoms with Gasteiger partial charge in [0.1, 0.15) is 0 Å². The molecule has 6 heteroatoms. The van der Waals surface area contributed by atoms with Gasteiger partial charge in [-0.1, -0.05) is 13.8 Å². The molecular formula is C19H32N4O2. The summed E-state index contributed by atoms with van der Waals surface area (Å²) >= 11 is 0. The highest BCUT2D eigenvalue weighted by molar-refractivity contribution is 5.90. The van der Waals surface area contributed by atoms with Crippen molar-refractivity contribution in [2.45, 2.75) is 33.2 Å². The maximum atomic E-state index is 12.2. The number of hydrogen-bond acceptors (Lipinski definition) is 4. The van der Waals surface area contributed by atoms with Crippen LogP contribution in [0, 0.1) is 12.8 Å². The summed E-state index contributed by atoms with van der Waals surface area (Å²) in [5, 5.41) is 15.1. The summed E-state index contributed by atoms with van der Waals surface area (Å²) in [4.78, 5) is 16.9. The number of rotatable bonds is 6. The van der Waals surface area contributed by atoms with Crippen molar-refractivity contribution in [2.75, 3.05) is 50.1 Å². The van der Waals surface area contributed by atoms with Crippen LogP contribution in [0.3, 0.4) is 0 Å². The maximum Gasteiger partial charge on any atom is 0.319 e. The van der Waals surface area contributed by atoms with Gasteiger partial charge in [0.15, 0.2) is 0 Å². The van der Waals surface area contributed by atoms with E-state index in [0.717, 1.165) is 43.9 Å². The number of urea groups is 1. The van der Waals surface area contributed by atoms with Crippen molar-refractivity contribution in [3.63, 3.8) is 0 Å². The molecule has 0 aliphatic carbocycles. The minimum atomic E-state index is -0.268. The fraction of sp³-hybridized carbons (Fsp3) is 0.632. The van der Waals surface area contributed by atoms with Gasteiger partial charge in [-0.05, 0) is 50.1 Å². The van der Waals surface area contributed by atoms with Crippen LogP contribution in [0.2, 0.25) is 0 Å². The molecule has 1 aliphatic rings. The highest BCUT2D eigenvalue weighted by Gasteiger charge is 2.16. The molecule has 1 atom stereocenters. The van der Waals surface area contributed by atoms with Crippen LogP contribution < -0.4 is 15.5 Å². The van der Waals surface area contributed by atoms with Crippen molar-refractivity contribution >= 4 is 17.4 Å². The van der Waals surface area contributed by atoms with Gasteiger partial charge in [-0.15, -0.1) is 0 Å². The van der Waals surface area contributed by atoms with E-state index in [1.807, 2.05) is 13.0 Å². The van der Waals surface area contributed by atoms with E-state index >= 15 is 0 Å². The molecule has 1 unspecified atom stereocenters. The number of nitrogens with one attached hydrogen (secondary N) is 2. The lowest BCUT2D eigenvalue weighted by atomic mass is 10.0. The van der Waals surface area contributed by atoms with Crippen molar-refractivity contribution < 1.29 is 9.90 Å². The number of aliphatic hydroxyl groups is 1. The number of likely N-dealkylation sites (N-methyl/N-ethyl adjacent to an activating group) is 1. The zero-order chi connectivity index (χ0) is 18.4. The van der Waals surface area contributed by atoms with E-state index in [1.54, 1.807) is 0 Å². The number of piperazine rings is 1. The maximum absolute atomic E-state index is 12.2. The van der Waals surface area contributed by atoms with E-state index in [-0.39, 0.29) is 18.7 Å². The fourth-order valence-electron chi connectivity index (χ4n) is 3.14. The second-order valence-corrected chi connectivity index (χ2v) is 7.40. The molecule has 1 aromatic rings. The first kappa shape index (κ1) is 19.5. The molecule has 0 radical (unpaired) electrons. The van der Waals surface area contributed by atoms with Gasteiger partial charge in [-0.25, -0.2) is 4.79 Å². The second kappa shape index (κ2) is 9.06. The van der Waals surface area contributed by atoms with Crippen molar-refractivity contribution in [1.29, 1.82) is 0 Å². The van der Waals surface area contributed by atoms with Gasteiger partial charge in [0, 0.05) is 37.6 Å². The lowest BCUT2D eigenvalue weighted by Gasteiger charge is -2.34. The Morgan fingerprint density at radius 3 is 2.48 bits per heavy atom. The number of hydrogen-bond donors (Lipinski definition) is 3. The average molecular weight is 348 g/mol. The molecule has 1 heterocycles. The summed E-state index contributed by atoms with van der Waals surface area (Å²) in [6.45, 7) is 10.3. The smallest absolute Gasteiger partial charge is 0.319 e. The van der Waals surface area contributed by atoms with Crippen LogP contribution in [-0.4, -0.2) is 61.9 Å². The summed E-state index contributed by atoms with van der Waals surface area (Å²) in [6.07, 6.45) is 0.755. The van der Waals surface area contributed by atoms with Gasteiger partial charge in [-0.2, -0.15) is 0 Å². The van der Waals surface area contributed by atoms with Crippen molar-refractivity contribution in [2.24, 2.45) is 5.92 Å². The predicted molar refractivity (Wildman–Crippen MR) is 103 cm³/mol. The predicted octanol–water partition coefficient (Wildman–Crippen LogP) is 2.28. The molecule has 1 fully saturated rings. The molecule has 25 heavy (non-hydrogen) atoms. The molecule has 1 aliphatic heterocycles. The third kappa shape index (κ3) is 5.90. The molecule has 1 aromatic carbocycles. The van der Waals surface area contributed by atoms with Gasteiger partial charge in [-0.3, -0.25) is 0 Å². The monoisotopic (exact) mass is 348 g/mol. The Bertz CT molecular complexity index is 569. The quantitative estimate of drug-likeness (QED) is 0.738. The molecule has 0 saturated carbocycles. The lowest BCUT2D eigenvalue weighted by Crippen LogP contribution is -2.44. The topological polar surface area (TPSA) is 67.8 Å². The average Bonchev–Trinajstić information content (AvgIpc) is 2.56. The number of anilines is 2. The molecule has 0 bridgehead atoms. The summed E-state index contributed by atoms with van der Waals surface area (Å²) < 4.78 is 0. The van der Waals surface area contributed by atoms with Crippen molar-refractivity contribution in [1.82, 2.24) is 10.2 Å². The summed E-state index contributed by atoms with van der Waals surface area (Å²) in [5.41, 5.74) is 3.04. The van der Waals surface area contributed by atoms with E-state index in [4.69, 9.17) is 0 Å². The molecule has 0 spiro atoms. The highest BCUT2D eigenvalue weighted by Crippen LogP contribution is 2.23. The van der Waals surface area contributed by atoms with Crippen LogP contribution in [0.1, 0.15) is 25.8 Å². The largest absolute Gasteiger partial charge is 0.394 e. The Kier molecular flexibility index (Phi) is 7.08. The first-order valence-electron chi connectivity index (χ1n) is 9.11. The van der Waals surface area contributed by atoms with Crippen LogP contribution in [-0.2, 0) is 0 Å². The minimum Gasteiger partial charge on any atom is -0.394 e. The first-order valence-corrected chi connectivity index (χ1v) is 9.11. The molecular weight excluding hydrogens is 316 g/mol. The van der Waals surface area contributed by atoms with Crippen LogP contribution >= 0.6 is 0 Å². The molecule has 3 N–H and O–H groups in total. The third-order valence-corrected chi connectivity index (χ3v) is 4.64. The van der Waals surface area contributed by atoms with Crippen LogP contribution in [0.4, 0.5) is 16.2 Å². The van der Waals surface area contributed by atoms with E-state index in [2.05, 4.69) is 53.5 Å². The number of nitrogens with zero attached hydrogens (tertiary/aromatic N) is 2. The zero-order valence-corrected chi connectivity index (χ0v) is 15.9. The molecule has 140 valence electrons. The Labute approximate surface area is 151 Å². The summed E-state index contributed by atoms with van der Waals surface area (Å²) in [7, 11) is 2.15. The van der Waals surface area contributed by atoms with Crippen molar-refractivity contribution in [3.05, 3.63) is 23.8 Å². The number of carbonyl (C=O) groups excluding carboxylic acids is 1. The van der Waals surface area contributed by atoms with E-state index in [0.29, 0.717) is 5.92 Å². The van der Waals surface area contributed by atoms with Crippen molar-refractivity contribution in [3.8, 4) is 0 Å². The number of amides is 2. The Balaban J connectivity index is 1.95. The van der Waals surface area contributed by atoms with E-state index in [9.17, 15) is 9.90 Å². The molecule has 6 nitrogen and oxygen atoms in total. The van der Waals surface area contributed by atoms with Gasteiger partial charge in [0.25, 0.3) is 0 Å². The van der Waals surface area contributed by atoms with Crippen LogP contribution in [0.15, 0.2) is 18.2 Å². The zero-order valence-electron chi connectivity index (χ0n) is 15.9. The Morgan fingerprint density at radius 1 is 1.24 bits per heavy atom. The number of aryl methyl sites for hydroxylation is 1. The number of aliphatic hydroxyl groups excluding tert-OH is 1. The SMILES string of the molecule is Cc1cc(N2CCN(C)CC2)ccc1NC(=O)NC(CO)CC(C)C. The first-order chi connectivity index (χ1) is 11.9. The van der Waals surface area contributed by atoms with Gasteiger partial charge >= 0.3 is 6.03 Å². The Hall–Kier alpha value is -1.79. The standard InChI is InChI=1S/C19H32N4O2/c1-14(2)11-16(13-24)20-19(25)21-18-6-5-17(12-15(18)3)23-9-7-22(4)8-10-23/h5-6,12,14,16,24H,7-11,13H2,1-4H3,(H2,20,21,25). The fourth-order valence-corrected chi connectivity index (χ4v) is 3.14. The highest BCUT2D eigenvalue weighted by atomic mass is 16.3. The minimum absolute atomic E-state index is 0.0487. The van der Waals surface area contributed by atoms with E-state index < -0.39 is 0 Å². The van der Waals surface area contributed by atoms with Crippen LogP contribution in [0.25, 0.3) is 0 Å². The third-order valence-electron chi connectivity index (χ3n) is 4.64. The normalized spacial score (nSPS) is 16.8.